The van der Waals surface area contributed by atoms with Crippen LogP contribution in [0.25, 0.3) is 0 Å². The Bertz CT molecular complexity index is 944. The molecule has 1 heterocycles. The molecule has 0 aliphatic rings. The summed E-state index contributed by atoms with van der Waals surface area (Å²) in [4.78, 5) is 4.45. The topological polar surface area (TPSA) is 62.3 Å². The summed E-state index contributed by atoms with van der Waals surface area (Å²) in [6, 6.07) is 22.6. The van der Waals surface area contributed by atoms with Gasteiger partial charge in [0.1, 0.15) is 10.7 Å². The molecule has 0 saturated heterocycles. The molecule has 3 aromatic rings. The van der Waals surface area contributed by atoms with E-state index in [9.17, 15) is 8.42 Å². The average Bonchev–Trinajstić information content (AvgIpc) is 2.70. The van der Waals surface area contributed by atoms with Gasteiger partial charge in [-0.05, 0) is 43.2 Å². The van der Waals surface area contributed by atoms with E-state index in [1.165, 1.54) is 16.1 Å². The van der Waals surface area contributed by atoms with Crippen LogP contribution in [0, 0.1) is 0 Å². The van der Waals surface area contributed by atoms with Crippen molar-refractivity contribution in [2.75, 3.05) is 22.7 Å². The third-order valence-corrected chi connectivity index (χ3v) is 6.10. The normalized spacial score (nSPS) is 11.1. The Hall–Kier alpha value is -2.86. The van der Waals surface area contributed by atoms with E-state index in [-0.39, 0.29) is 4.90 Å². The van der Waals surface area contributed by atoms with Crippen molar-refractivity contribution in [2.24, 2.45) is 0 Å². The van der Waals surface area contributed by atoms with Gasteiger partial charge in [-0.1, -0.05) is 48.5 Å². The molecule has 1 aromatic heterocycles. The monoisotopic (exact) mass is 381 g/mol. The second-order valence-electron chi connectivity index (χ2n) is 6.05. The number of nitrogens with zero attached hydrogens (tertiary/aromatic N) is 2. The molecule has 0 fully saturated rings. The number of nitrogens with one attached hydrogen (secondary N) is 1. The van der Waals surface area contributed by atoms with E-state index in [0.29, 0.717) is 18.1 Å². The van der Waals surface area contributed by atoms with E-state index in [1.54, 1.807) is 24.3 Å². The first kappa shape index (κ1) is 18.9. The van der Waals surface area contributed by atoms with Gasteiger partial charge >= 0.3 is 0 Å². The van der Waals surface area contributed by atoms with Crippen LogP contribution in [0.1, 0.15) is 12.5 Å². The van der Waals surface area contributed by atoms with Crippen LogP contribution in [0.3, 0.4) is 0 Å². The molecule has 0 spiro atoms. The predicted molar refractivity (Wildman–Crippen MR) is 110 cm³/mol. The maximum absolute atomic E-state index is 12.9. The van der Waals surface area contributed by atoms with Crippen molar-refractivity contribution < 1.29 is 8.42 Å². The van der Waals surface area contributed by atoms with Crippen LogP contribution < -0.4 is 9.62 Å². The zero-order valence-corrected chi connectivity index (χ0v) is 16.1. The van der Waals surface area contributed by atoms with Gasteiger partial charge in [-0.2, -0.15) is 0 Å². The Kier molecular flexibility index (Phi) is 6.08. The maximum atomic E-state index is 12.9. The van der Waals surface area contributed by atoms with Gasteiger partial charge in [-0.15, -0.1) is 0 Å². The molecular weight excluding hydrogens is 358 g/mol. The molecule has 0 amide bonds. The van der Waals surface area contributed by atoms with E-state index in [2.05, 4.69) is 22.4 Å². The first-order valence-electron chi connectivity index (χ1n) is 8.93. The van der Waals surface area contributed by atoms with Crippen molar-refractivity contribution in [3.05, 3.63) is 84.6 Å². The second kappa shape index (κ2) is 8.68. The lowest BCUT2D eigenvalue weighted by atomic mass is 10.1. The van der Waals surface area contributed by atoms with Crippen molar-refractivity contribution in [2.45, 2.75) is 18.2 Å². The van der Waals surface area contributed by atoms with Crippen LogP contribution in [0.4, 0.5) is 11.5 Å². The number of rotatable bonds is 8. The second-order valence-corrected chi connectivity index (χ2v) is 7.91. The first-order chi connectivity index (χ1) is 13.1. The van der Waals surface area contributed by atoms with E-state index >= 15 is 0 Å². The third-order valence-electron chi connectivity index (χ3n) is 4.22. The molecule has 1 N–H and O–H groups in total. The molecular formula is C21H23N3O2S. The van der Waals surface area contributed by atoms with E-state index in [4.69, 9.17) is 0 Å². The van der Waals surface area contributed by atoms with Gasteiger partial charge in [0, 0.05) is 19.3 Å². The molecule has 6 heteroatoms. The highest BCUT2D eigenvalue weighted by molar-refractivity contribution is 7.92. The Morgan fingerprint density at radius 3 is 2.19 bits per heavy atom. The fourth-order valence-corrected chi connectivity index (χ4v) is 4.25. The Balaban J connectivity index is 1.68. The van der Waals surface area contributed by atoms with Crippen molar-refractivity contribution in [3.63, 3.8) is 0 Å². The molecule has 140 valence electrons. The summed E-state index contributed by atoms with van der Waals surface area (Å²) in [6.07, 6.45) is 2.28. The largest absolute Gasteiger partial charge is 0.370 e. The van der Waals surface area contributed by atoms with Crippen LogP contribution in [-0.2, 0) is 16.4 Å². The highest BCUT2D eigenvalue weighted by Crippen LogP contribution is 2.23. The van der Waals surface area contributed by atoms with Crippen molar-refractivity contribution in [1.29, 1.82) is 0 Å². The van der Waals surface area contributed by atoms with E-state index in [1.807, 2.05) is 43.3 Å². The highest BCUT2D eigenvalue weighted by Gasteiger charge is 2.23. The molecule has 0 bridgehead atoms. The Labute approximate surface area is 160 Å². The molecule has 0 aliphatic carbocycles. The minimum atomic E-state index is -3.64. The molecule has 0 atom stereocenters. The number of hydrogen-bond acceptors (Lipinski definition) is 4. The van der Waals surface area contributed by atoms with Gasteiger partial charge in [0.2, 0.25) is 0 Å². The minimum absolute atomic E-state index is 0.182. The minimum Gasteiger partial charge on any atom is -0.370 e. The van der Waals surface area contributed by atoms with Crippen molar-refractivity contribution in [3.8, 4) is 0 Å². The van der Waals surface area contributed by atoms with Crippen LogP contribution in [0.5, 0.6) is 0 Å². The van der Waals surface area contributed by atoms with Gasteiger partial charge in [0.05, 0.1) is 5.69 Å². The van der Waals surface area contributed by atoms with Gasteiger partial charge < -0.3 is 5.32 Å². The molecule has 2 aromatic carbocycles. The summed E-state index contributed by atoms with van der Waals surface area (Å²) in [5.74, 6) is 0.660. The lowest BCUT2D eigenvalue weighted by molar-refractivity contribution is 0.591. The fourth-order valence-electron chi connectivity index (χ4n) is 2.83. The number of aromatic nitrogens is 1. The summed E-state index contributed by atoms with van der Waals surface area (Å²) in [7, 11) is -3.64. The Morgan fingerprint density at radius 2 is 1.59 bits per heavy atom. The Morgan fingerprint density at radius 1 is 0.926 bits per heavy atom. The third kappa shape index (κ3) is 4.65. The van der Waals surface area contributed by atoms with Gasteiger partial charge in [0.25, 0.3) is 10.0 Å². The van der Waals surface area contributed by atoms with Crippen LogP contribution in [-0.4, -0.2) is 26.5 Å². The van der Waals surface area contributed by atoms with Gasteiger partial charge in [-0.3, -0.25) is 4.31 Å². The summed E-state index contributed by atoms with van der Waals surface area (Å²) in [6.45, 7) is 2.90. The van der Waals surface area contributed by atoms with Crippen molar-refractivity contribution in [1.82, 2.24) is 4.98 Å². The number of pyridine rings is 1. The first-order valence-corrected chi connectivity index (χ1v) is 10.4. The molecule has 0 radical (unpaired) electrons. The number of sulfonamides is 1. The zero-order chi connectivity index (χ0) is 19.1. The molecule has 0 aliphatic heterocycles. The highest BCUT2D eigenvalue weighted by atomic mass is 32.2. The molecule has 3 rings (SSSR count). The summed E-state index contributed by atoms with van der Waals surface area (Å²) in [5, 5.41) is 3.23. The van der Waals surface area contributed by atoms with E-state index in [0.717, 1.165) is 13.0 Å². The smallest absolute Gasteiger partial charge is 0.265 e. The maximum Gasteiger partial charge on any atom is 0.265 e. The lowest BCUT2D eigenvalue weighted by Crippen LogP contribution is -2.30. The van der Waals surface area contributed by atoms with Gasteiger partial charge in [-0.25, -0.2) is 13.4 Å². The number of para-hydroxylation sites is 1. The quantitative estimate of drug-likeness (QED) is 0.642. The van der Waals surface area contributed by atoms with Gasteiger partial charge in [0.15, 0.2) is 0 Å². The molecule has 0 saturated carbocycles. The standard InChI is InChI=1S/C21H23N3O2S/c1-2-24(19-11-7-4-8-12-19)27(25,26)20-13-14-21(23-17-20)22-16-15-18-9-5-3-6-10-18/h3-14,17H,2,15-16H2,1H3,(H,22,23). The van der Waals surface area contributed by atoms with Crippen LogP contribution in [0.2, 0.25) is 0 Å². The number of hydrogen-bond donors (Lipinski definition) is 1. The molecule has 27 heavy (non-hydrogen) atoms. The summed E-state index contributed by atoms with van der Waals surface area (Å²) < 4.78 is 27.3. The predicted octanol–water partition coefficient (Wildman–Crippen LogP) is 3.95. The van der Waals surface area contributed by atoms with Crippen LogP contribution >= 0.6 is 0 Å². The number of benzene rings is 2. The summed E-state index contributed by atoms with van der Waals surface area (Å²) >= 11 is 0. The molecule has 5 nitrogen and oxygen atoms in total. The summed E-state index contributed by atoms with van der Waals surface area (Å²) in [5.41, 5.74) is 1.88. The SMILES string of the molecule is CCN(c1ccccc1)S(=O)(=O)c1ccc(NCCc2ccccc2)nc1. The average molecular weight is 382 g/mol. The zero-order valence-electron chi connectivity index (χ0n) is 15.2. The number of anilines is 2. The fraction of sp³-hybridized carbons (Fsp3) is 0.190. The van der Waals surface area contributed by atoms with Crippen LogP contribution in [0.15, 0.2) is 83.9 Å². The van der Waals surface area contributed by atoms with E-state index < -0.39 is 10.0 Å². The van der Waals surface area contributed by atoms with Crippen molar-refractivity contribution >= 4 is 21.5 Å². The lowest BCUT2D eigenvalue weighted by Gasteiger charge is -2.22. The molecule has 0 unspecified atom stereocenters.